The third kappa shape index (κ3) is 7.99. The number of carbonyl (C=O) groups is 2. The van der Waals surface area contributed by atoms with Gasteiger partial charge in [0.05, 0.1) is 45.9 Å². The summed E-state index contributed by atoms with van der Waals surface area (Å²) in [5.74, 6) is -0.201. The number of hydrogen-bond acceptors (Lipinski definition) is 9. The van der Waals surface area contributed by atoms with Crippen molar-refractivity contribution in [2.75, 3.05) is 0 Å². The number of carbonyl (C=O) groups excluding carboxylic acids is 2. The smallest absolute Gasteiger partial charge is 0.456 e. The van der Waals surface area contributed by atoms with Crippen LogP contribution in [0.1, 0.15) is 103 Å². The first-order chi connectivity index (χ1) is 25.7. The molecule has 282 valence electrons. The Balaban J connectivity index is 1.10. The van der Waals surface area contributed by atoms with Gasteiger partial charge in [0, 0.05) is 38.2 Å². The molecule has 4 heterocycles. The number of pyridine rings is 3. The topological polar surface area (TPSA) is 116 Å². The fourth-order valence-electron chi connectivity index (χ4n) is 8.72. The molecule has 3 aliphatic carbocycles. The quantitative estimate of drug-likeness (QED) is 0.122. The first-order valence-electron chi connectivity index (χ1n) is 19.1. The van der Waals surface area contributed by atoms with E-state index in [9.17, 15) is 9.59 Å². The van der Waals surface area contributed by atoms with E-state index in [1.807, 2.05) is 88.4 Å². The maximum absolute atomic E-state index is 14.0. The molecule has 4 fully saturated rings. The average Bonchev–Trinajstić information content (AvgIpc) is 3.50. The van der Waals surface area contributed by atoms with Crippen LogP contribution in [0.15, 0.2) is 85.3 Å². The summed E-state index contributed by atoms with van der Waals surface area (Å²) >= 11 is 0. The summed E-state index contributed by atoms with van der Waals surface area (Å²) in [6.45, 7) is 16.1. The van der Waals surface area contributed by atoms with Gasteiger partial charge in [0.15, 0.2) is 0 Å². The number of hydrogen-bond donors (Lipinski definition) is 1. The Labute approximate surface area is 319 Å². The number of benzene rings is 1. The maximum atomic E-state index is 14.0. The number of rotatable bonds is 12. The maximum Gasteiger partial charge on any atom is 0.482 e. The second kappa shape index (κ2) is 15.0. The number of nitrogens with zero attached hydrogens (tertiary/aromatic N) is 4. The Morgan fingerprint density at radius 1 is 0.907 bits per heavy atom. The van der Waals surface area contributed by atoms with Crippen molar-refractivity contribution in [2.45, 2.75) is 111 Å². The van der Waals surface area contributed by atoms with Gasteiger partial charge >= 0.3 is 13.1 Å². The summed E-state index contributed by atoms with van der Waals surface area (Å²) in [5.41, 5.74) is 4.50. The van der Waals surface area contributed by atoms with E-state index >= 15 is 0 Å². The summed E-state index contributed by atoms with van der Waals surface area (Å²) in [6.07, 6.45) is 7.65. The SMILES string of the molecule is Cc1c(C[C@H](NC(=O)c2ccc(CN(Cc3ccccn3)Cc3ccccn3)nc2)B2O[C@@H]3C[C@@H]4C[C@@H](C4(C)C)[C@]3(C)O2)cccc1C(=O)OC(C)(C)C. The molecule has 4 aromatic rings. The van der Waals surface area contributed by atoms with E-state index in [2.05, 4.69) is 41.0 Å². The number of ether oxygens (including phenoxy) is 1. The van der Waals surface area contributed by atoms with Crippen molar-refractivity contribution in [3.8, 4) is 0 Å². The molecule has 3 aromatic heterocycles. The Bertz CT molecular complexity index is 1910. The van der Waals surface area contributed by atoms with E-state index in [4.69, 9.17) is 19.0 Å². The highest BCUT2D eigenvalue weighted by Gasteiger charge is 2.68. The molecule has 5 atom stereocenters. The fraction of sp³-hybridized carbons (Fsp3) is 0.465. The van der Waals surface area contributed by atoms with Crippen molar-refractivity contribution in [3.63, 3.8) is 0 Å². The average molecular weight is 730 g/mol. The Morgan fingerprint density at radius 3 is 2.15 bits per heavy atom. The van der Waals surface area contributed by atoms with Crippen LogP contribution in [-0.4, -0.2) is 62.1 Å². The van der Waals surface area contributed by atoms with Gasteiger partial charge in [0.2, 0.25) is 0 Å². The second-order valence-corrected chi connectivity index (χ2v) is 17.0. The van der Waals surface area contributed by atoms with E-state index in [1.165, 1.54) is 0 Å². The Hall–Kier alpha value is -4.45. The van der Waals surface area contributed by atoms with Crippen molar-refractivity contribution in [3.05, 3.63) is 125 Å². The number of amides is 1. The third-order valence-electron chi connectivity index (χ3n) is 11.8. The predicted molar refractivity (Wildman–Crippen MR) is 207 cm³/mol. The number of esters is 1. The van der Waals surface area contributed by atoms with Crippen LogP contribution in [0.4, 0.5) is 0 Å². The molecule has 3 saturated carbocycles. The van der Waals surface area contributed by atoms with Gasteiger partial charge in [-0.05, 0) is 125 Å². The van der Waals surface area contributed by atoms with Gasteiger partial charge in [-0.25, -0.2) is 4.79 Å². The summed E-state index contributed by atoms with van der Waals surface area (Å²) < 4.78 is 19.3. The van der Waals surface area contributed by atoms with Gasteiger partial charge in [0.25, 0.3) is 5.91 Å². The largest absolute Gasteiger partial charge is 0.482 e. The summed E-state index contributed by atoms with van der Waals surface area (Å²) in [5, 5.41) is 3.27. The molecule has 0 radical (unpaired) electrons. The fourth-order valence-corrected chi connectivity index (χ4v) is 8.72. The van der Waals surface area contributed by atoms with Crippen LogP contribution in [0.3, 0.4) is 0 Å². The van der Waals surface area contributed by atoms with Crippen molar-refractivity contribution in [2.24, 2.45) is 17.3 Å². The normalized spacial score (nSPS) is 23.3. The van der Waals surface area contributed by atoms with Gasteiger partial charge < -0.3 is 19.4 Å². The van der Waals surface area contributed by atoms with Crippen molar-refractivity contribution < 1.29 is 23.6 Å². The van der Waals surface area contributed by atoms with Crippen LogP contribution in [-0.2, 0) is 40.1 Å². The molecule has 10 nitrogen and oxygen atoms in total. The van der Waals surface area contributed by atoms with Crippen LogP contribution in [0, 0.1) is 24.2 Å². The first-order valence-corrected chi connectivity index (χ1v) is 19.1. The zero-order valence-corrected chi connectivity index (χ0v) is 32.5. The molecule has 1 amide bonds. The lowest BCUT2D eigenvalue weighted by Crippen LogP contribution is -2.65. The first kappa shape index (κ1) is 37.9. The minimum absolute atomic E-state index is 0.0473. The molecule has 1 aromatic carbocycles. The van der Waals surface area contributed by atoms with Crippen LogP contribution in [0.25, 0.3) is 0 Å². The van der Waals surface area contributed by atoms with Gasteiger partial charge in [0.1, 0.15) is 5.60 Å². The molecule has 2 bridgehead atoms. The molecule has 4 aliphatic rings. The molecular formula is C43H52BN5O5. The summed E-state index contributed by atoms with van der Waals surface area (Å²) in [4.78, 5) is 43.2. The monoisotopic (exact) mass is 729 g/mol. The highest BCUT2D eigenvalue weighted by Crippen LogP contribution is 2.65. The zero-order valence-electron chi connectivity index (χ0n) is 32.5. The standard InChI is InChI=1S/C43H52BN5O5/c1-28-29(13-12-16-35(28)40(51)52-41(2,3)4)21-38(44-53-37-23-31-22-36(42(31,5)6)43(37,7)54-44)48-39(50)30-17-18-34(47-24-30)27-49(25-32-14-8-10-19-45-32)26-33-15-9-11-20-46-33/h8-20,24,31,36-38H,21-23,25-27H2,1-7H3,(H,48,50)/t31-,36-,37+,38-,43-/m0/s1. The third-order valence-corrected chi connectivity index (χ3v) is 11.8. The minimum atomic E-state index is -0.664. The van der Waals surface area contributed by atoms with Gasteiger partial charge in [-0.15, -0.1) is 0 Å². The zero-order chi connectivity index (χ0) is 38.3. The number of aromatic nitrogens is 3. The lowest BCUT2D eigenvalue weighted by Gasteiger charge is -2.64. The molecule has 1 saturated heterocycles. The van der Waals surface area contributed by atoms with Crippen LogP contribution >= 0.6 is 0 Å². The van der Waals surface area contributed by atoms with Gasteiger partial charge in [-0.2, -0.15) is 0 Å². The van der Waals surface area contributed by atoms with E-state index in [1.54, 1.807) is 24.7 Å². The molecule has 0 spiro atoms. The second-order valence-electron chi connectivity index (χ2n) is 17.0. The van der Waals surface area contributed by atoms with Crippen LogP contribution < -0.4 is 5.32 Å². The highest BCUT2D eigenvalue weighted by molar-refractivity contribution is 6.48. The molecule has 8 rings (SSSR count). The van der Waals surface area contributed by atoms with E-state index in [0.717, 1.165) is 41.1 Å². The summed E-state index contributed by atoms with van der Waals surface area (Å²) in [6, 6.07) is 21.2. The highest BCUT2D eigenvalue weighted by atomic mass is 16.7. The lowest BCUT2D eigenvalue weighted by atomic mass is 9.43. The van der Waals surface area contributed by atoms with Crippen LogP contribution in [0.2, 0.25) is 0 Å². The van der Waals surface area contributed by atoms with E-state index in [-0.39, 0.29) is 23.4 Å². The van der Waals surface area contributed by atoms with Crippen molar-refractivity contribution in [1.82, 2.24) is 25.2 Å². The van der Waals surface area contributed by atoms with E-state index < -0.39 is 24.3 Å². The van der Waals surface area contributed by atoms with Gasteiger partial charge in [-0.3, -0.25) is 24.6 Å². The molecular weight excluding hydrogens is 677 g/mol. The molecule has 11 heteroatoms. The van der Waals surface area contributed by atoms with Crippen LogP contribution in [0.5, 0.6) is 0 Å². The molecule has 0 unspecified atom stereocenters. The van der Waals surface area contributed by atoms with E-state index in [0.29, 0.717) is 49.0 Å². The Morgan fingerprint density at radius 2 is 1.57 bits per heavy atom. The van der Waals surface area contributed by atoms with Crippen molar-refractivity contribution in [1.29, 1.82) is 0 Å². The minimum Gasteiger partial charge on any atom is -0.456 e. The number of nitrogens with one attached hydrogen (secondary N) is 1. The molecule has 1 N–H and O–H groups in total. The molecule has 1 aliphatic heterocycles. The molecule has 54 heavy (non-hydrogen) atoms. The van der Waals surface area contributed by atoms with Gasteiger partial charge in [-0.1, -0.05) is 38.1 Å². The lowest BCUT2D eigenvalue weighted by molar-refractivity contribution is -0.199. The van der Waals surface area contributed by atoms with Crippen molar-refractivity contribution >= 4 is 19.0 Å². The summed E-state index contributed by atoms with van der Waals surface area (Å²) in [7, 11) is -0.664. The Kier molecular flexibility index (Phi) is 10.5. The predicted octanol–water partition coefficient (Wildman–Crippen LogP) is 6.95.